The molecule has 4 rings (SSSR count). The molecule has 0 atom stereocenters. The summed E-state index contributed by atoms with van der Waals surface area (Å²) in [4.78, 5) is 15.5. The van der Waals surface area contributed by atoms with Crippen LogP contribution in [0, 0.1) is 6.92 Å². The van der Waals surface area contributed by atoms with Gasteiger partial charge in [0, 0.05) is 45.2 Å². The van der Waals surface area contributed by atoms with Crippen molar-refractivity contribution in [2.75, 3.05) is 23.7 Å². The first-order valence-corrected chi connectivity index (χ1v) is 8.39. The Balaban J connectivity index is 1.45. The number of hydrogen-bond donors (Lipinski definition) is 1. The molecule has 0 amide bonds. The van der Waals surface area contributed by atoms with Gasteiger partial charge in [-0.05, 0) is 12.5 Å². The summed E-state index contributed by atoms with van der Waals surface area (Å²) in [7, 11) is 1.85. The first-order valence-electron chi connectivity index (χ1n) is 8.39. The van der Waals surface area contributed by atoms with E-state index < -0.39 is 0 Å². The normalized spacial score (nSPS) is 15.7. The van der Waals surface area contributed by atoms with Crippen molar-refractivity contribution in [2.24, 2.45) is 7.05 Å². The minimum Gasteiger partial charge on any atom is -0.474 e. The number of pyridine rings is 1. The van der Waals surface area contributed by atoms with Gasteiger partial charge in [0.05, 0.1) is 11.6 Å². The molecule has 1 aliphatic rings. The van der Waals surface area contributed by atoms with E-state index >= 15 is 0 Å². The van der Waals surface area contributed by atoms with E-state index in [9.17, 15) is 0 Å². The third kappa shape index (κ3) is 3.07. The van der Waals surface area contributed by atoms with Crippen LogP contribution in [0.15, 0.2) is 24.5 Å². The molecule has 0 bridgehead atoms. The molecule has 3 aromatic rings. The lowest BCUT2D eigenvalue weighted by molar-refractivity contribution is 0.163. The van der Waals surface area contributed by atoms with E-state index in [2.05, 4.69) is 25.0 Å². The lowest BCUT2D eigenvalue weighted by atomic mass is 10.1. The van der Waals surface area contributed by atoms with Gasteiger partial charge in [-0.3, -0.25) is 4.68 Å². The molecule has 0 spiro atoms. The summed E-state index contributed by atoms with van der Waals surface area (Å²) < 4.78 is 7.70. The fraction of sp³-hybridized carbons (Fsp3) is 0.412. The van der Waals surface area contributed by atoms with Crippen molar-refractivity contribution in [3.63, 3.8) is 0 Å². The molecule has 8 nitrogen and oxygen atoms in total. The number of nitrogen functional groups attached to an aromatic ring is 1. The molecular weight excluding hydrogens is 318 g/mol. The van der Waals surface area contributed by atoms with Crippen molar-refractivity contribution < 1.29 is 4.74 Å². The molecule has 0 unspecified atom stereocenters. The van der Waals surface area contributed by atoms with Crippen LogP contribution >= 0.6 is 0 Å². The van der Waals surface area contributed by atoms with Gasteiger partial charge >= 0.3 is 0 Å². The zero-order valence-corrected chi connectivity index (χ0v) is 14.4. The number of fused-ring (bicyclic) bond motifs is 1. The van der Waals surface area contributed by atoms with E-state index in [0.717, 1.165) is 42.5 Å². The molecule has 0 saturated carbocycles. The molecular formula is C17H21N7O. The van der Waals surface area contributed by atoms with Crippen LogP contribution < -0.4 is 15.4 Å². The number of rotatable bonds is 3. The Bertz CT molecular complexity index is 882. The van der Waals surface area contributed by atoms with E-state index in [-0.39, 0.29) is 6.10 Å². The van der Waals surface area contributed by atoms with Gasteiger partial charge in [0.1, 0.15) is 11.9 Å². The average Bonchev–Trinajstić information content (AvgIpc) is 2.99. The molecule has 0 aliphatic carbocycles. The highest BCUT2D eigenvalue weighted by Crippen LogP contribution is 2.24. The SMILES string of the molecule is Cc1ccc(OC2CCN(c3nc(N)c4cnn(C)c4n3)CC2)nc1. The molecule has 1 fully saturated rings. The first kappa shape index (κ1) is 15.6. The van der Waals surface area contributed by atoms with Crippen molar-refractivity contribution in [3.8, 4) is 5.88 Å². The number of hydrogen-bond acceptors (Lipinski definition) is 7. The average molecular weight is 339 g/mol. The predicted octanol–water partition coefficient (Wildman–Crippen LogP) is 1.70. The summed E-state index contributed by atoms with van der Waals surface area (Å²) in [5.74, 6) is 1.80. The first-order chi connectivity index (χ1) is 12.1. The van der Waals surface area contributed by atoms with Gasteiger partial charge in [-0.25, -0.2) is 4.98 Å². The molecule has 1 aliphatic heterocycles. The maximum atomic E-state index is 6.05. The monoisotopic (exact) mass is 339 g/mol. The van der Waals surface area contributed by atoms with E-state index in [4.69, 9.17) is 10.5 Å². The second-order valence-corrected chi connectivity index (χ2v) is 6.39. The number of ether oxygens (including phenoxy) is 1. The molecule has 0 radical (unpaired) electrons. The summed E-state index contributed by atoms with van der Waals surface area (Å²) in [5.41, 5.74) is 7.94. The van der Waals surface area contributed by atoms with Gasteiger partial charge in [0.2, 0.25) is 11.8 Å². The van der Waals surface area contributed by atoms with Gasteiger partial charge in [-0.2, -0.15) is 15.1 Å². The maximum absolute atomic E-state index is 6.05. The quantitative estimate of drug-likeness (QED) is 0.776. The van der Waals surface area contributed by atoms with Crippen molar-refractivity contribution in [1.29, 1.82) is 0 Å². The molecule has 0 aromatic carbocycles. The highest BCUT2D eigenvalue weighted by molar-refractivity contribution is 5.86. The molecule has 4 heterocycles. The van der Waals surface area contributed by atoms with Gasteiger partial charge in [-0.1, -0.05) is 6.07 Å². The van der Waals surface area contributed by atoms with E-state index in [0.29, 0.717) is 17.6 Å². The minimum atomic E-state index is 0.157. The minimum absolute atomic E-state index is 0.157. The molecule has 25 heavy (non-hydrogen) atoms. The van der Waals surface area contributed by atoms with E-state index in [1.165, 1.54) is 0 Å². The standard InChI is InChI=1S/C17H21N7O/c1-11-3-4-14(19-9-11)25-12-5-7-24(8-6-12)17-21-15(18)13-10-20-23(2)16(13)22-17/h3-4,9-10,12H,5-8H2,1-2H3,(H2,18,21,22). The lowest BCUT2D eigenvalue weighted by Crippen LogP contribution is -2.39. The summed E-state index contributed by atoms with van der Waals surface area (Å²) in [6, 6.07) is 3.93. The van der Waals surface area contributed by atoms with Crippen molar-refractivity contribution in [3.05, 3.63) is 30.1 Å². The Morgan fingerprint density at radius 1 is 1.16 bits per heavy atom. The van der Waals surface area contributed by atoms with Crippen LogP contribution in [0.1, 0.15) is 18.4 Å². The van der Waals surface area contributed by atoms with E-state index in [1.54, 1.807) is 10.9 Å². The third-order valence-corrected chi connectivity index (χ3v) is 4.51. The van der Waals surface area contributed by atoms with Crippen LogP contribution in [0.3, 0.4) is 0 Å². The van der Waals surface area contributed by atoms with Crippen LogP contribution in [0.25, 0.3) is 11.0 Å². The van der Waals surface area contributed by atoms with Crippen molar-refractivity contribution in [1.82, 2.24) is 24.7 Å². The van der Waals surface area contributed by atoms with Crippen LogP contribution in [0.2, 0.25) is 0 Å². The van der Waals surface area contributed by atoms with E-state index in [1.807, 2.05) is 32.3 Å². The highest BCUT2D eigenvalue weighted by Gasteiger charge is 2.23. The Morgan fingerprint density at radius 2 is 1.96 bits per heavy atom. The second-order valence-electron chi connectivity index (χ2n) is 6.39. The summed E-state index contributed by atoms with van der Waals surface area (Å²) in [6.45, 7) is 3.65. The van der Waals surface area contributed by atoms with Crippen molar-refractivity contribution in [2.45, 2.75) is 25.9 Å². The predicted molar refractivity (Wildman–Crippen MR) is 95.6 cm³/mol. The van der Waals surface area contributed by atoms with Crippen LogP contribution in [0.4, 0.5) is 11.8 Å². The zero-order valence-electron chi connectivity index (χ0n) is 14.4. The largest absolute Gasteiger partial charge is 0.474 e. The number of aryl methyl sites for hydroxylation is 2. The zero-order chi connectivity index (χ0) is 17.4. The molecule has 8 heteroatoms. The number of nitrogens with two attached hydrogens (primary N) is 1. The van der Waals surface area contributed by atoms with Gasteiger partial charge in [0.15, 0.2) is 5.65 Å². The number of anilines is 2. The molecule has 3 aromatic heterocycles. The molecule has 1 saturated heterocycles. The summed E-state index contributed by atoms with van der Waals surface area (Å²) in [5, 5.41) is 4.98. The Kier molecular flexibility index (Phi) is 3.87. The van der Waals surface area contributed by atoms with Gasteiger partial charge in [0.25, 0.3) is 0 Å². The topological polar surface area (TPSA) is 95.0 Å². The van der Waals surface area contributed by atoms with Crippen molar-refractivity contribution >= 4 is 22.8 Å². The number of nitrogens with zero attached hydrogens (tertiary/aromatic N) is 6. The molecule has 130 valence electrons. The Morgan fingerprint density at radius 3 is 2.68 bits per heavy atom. The van der Waals surface area contributed by atoms with Gasteiger partial charge in [-0.15, -0.1) is 0 Å². The highest BCUT2D eigenvalue weighted by atomic mass is 16.5. The summed E-state index contributed by atoms with van der Waals surface area (Å²) >= 11 is 0. The van der Waals surface area contributed by atoms with Crippen LogP contribution in [0.5, 0.6) is 5.88 Å². The Hall–Kier alpha value is -2.90. The van der Waals surface area contributed by atoms with Crippen LogP contribution in [-0.2, 0) is 7.05 Å². The maximum Gasteiger partial charge on any atom is 0.229 e. The fourth-order valence-electron chi connectivity index (χ4n) is 3.04. The smallest absolute Gasteiger partial charge is 0.229 e. The summed E-state index contributed by atoms with van der Waals surface area (Å²) in [6.07, 6.45) is 5.46. The number of piperidine rings is 1. The van der Waals surface area contributed by atoms with Gasteiger partial charge < -0.3 is 15.4 Å². The second kappa shape index (κ2) is 6.19. The lowest BCUT2D eigenvalue weighted by Gasteiger charge is -2.32. The Labute approximate surface area is 145 Å². The fourth-order valence-corrected chi connectivity index (χ4v) is 3.04. The third-order valence-electron chi connectivity index (χ3n) is 4.51. The number of aromatic nitrogens is 5. The molecule has 2 N–H and O–H groups in total. The van der Waals surface area contributed by atoms with Crippen LogP contribution in [-0.4, -0.2) is 43.9 Å².